The molecule has 4 aromatic rings. The first-order chi connectivity index (χ1) is 15.5. The van der Waals surface area contributed by atoms with Crippen molar-refractivity contribution in [3.05, 3.63) is 82.5 Å². The summed E-state index contributed by atoms with van der Waals surface area (Å²) in [5, 5.41) is 5.09. The summed E-state index contributed by atoms with van der Waals surface area (Å²) < 4.78 is 10.2. The van der Waals surface area contributed by atoms with Crippen molar-refractivity contribution in [3.8, 4) is 11.3 Å². The van der Waals surface area contributed by atoms with E-state index in [1.54, 1.807) is 25.1 Å². The topological polar surface area (TPSA) is 85.5 Å². The Morgan fingerprint density at radius 3 is 2.50 bits per heavy atom. The van der Waals surface area contributed by atoms with Gasteiger partial charge < -0.3 is 14.2 Å². The van der Waals surface area contributed by atoms with Gasteiger partial charge >= 0.3 is 5.97 Å². The number of hydrogen-bond donors (Lipinski definition) is 0. The number of esters is 1. The molecule has 0 aliphatic heterocycles. The molecule has 0 unspecified atom stereocenters. The minimum atomic E-state index is -0.525. The van der Waals surface area contributed by atoms with Crippen molar-refractivity contribution in [3.63, 3.8) is 0 Å². The van der Waals surface area contributed by atoms with Gasteiger partial charge in [0.2, 0.25) is 0 Å². The van der Waals surface area contributed by atoms with Crippen LogP contribution in [0.1, 0.15) is 21.6 Å². The number of fused-ring (bicyclic) bond motifs is 1. The smallest absolute Gasteiger partial charge is 0.325 e. The molecule has 0 radical (unpaired) electrons. The minimum Gasteiger partial charge on any atom is -0.468 e. The van der Waals surface area contributed by atoms with E-state index in [0.717, 1.165) is 11.1 Å². The zero-order chi connectivity index (χ0) is 22.7. The number of carbonyl (C=O) groups is 2. The maximum atomic E-state index is 13.7. The normalized spacial score (nSPS) is 10.8. The summed E-state index contributed by atoms with van der Waals surface area (Å²) in [6.45, 7) is 1.73. The number of hydrogen-bond acceptors (Lipinski definition) is 6. The van der Waals surface area contributed by atoms with E-state index >= 15 is 0 Å². The van der Waals surface area contributed by atoms with E-state index in [0.29, 0.717) is 27.4 Å². The van der Waals surface area contributed by atoms with Gasteiger partial charge in [-0.3, -0.25) is 9.59 Å². The zero-order valence-corrected chi connectivity index (χ0v) is 18.3. The largest absolute Gasteiger partial charge is 0.468 e. The molecule has 2 aromatic heterocycles. The molecule has 0 saturated carbocycles. The number of carbonyl (C=O) groups excluding carboxylic acids is 2. The molecule has 32 heavy (non-hydrogen) atoms. The first-order valence-corrected chi connectivity index (χ1v) is 10.3. The van der Waals surface area contributed by atoms with Crippen LogP contribution < -0.4 is 0 Å². The minimum absolute atomic E-state index is 0.194. The highest BCUT2D eigenvalue weighted by Gasteiger charge is 2.25. The summed E-state index contributed by atoms with van der Waals surface area (Å²) >= 11 is 5.98. The number of ether oxygens (including phenoxy) is 1. The van der Waals surface area contributed by atoms with Crippen LogP contribution in [0.2, 0.25) is 5.02 Å². The van der Waals surface area contributed by atoms with E-state index < -0.39 is 5.97 Å². The Labute approximate surface area is 189 Å². The van der Waals surface area contributed by atoms with Gasteiger partial charge in [-0.25, -0.2) is 4.98 Å². The quantitative estimate of drug-likeness (QED) is 0.398. The van der Waals surface area contributed by atoms with Crippen molar-refractivity contribution in [1.82, 2.24) is 15.0 Å². The second-order valence-corrected chi connectivity index (χ2v) is 7.67. The van der Waals surface area contributed by atoms with Gasteiger partial charge in [-0.1, -0.05) is 59.2 Å². The third-order valence-corrected chi connectivity index (χ3v) is 5.29. The van der Waals surface area contributed by atoms with Crippen molar-refractivity contribution in [2.45, 2.75) is 13.5 Å². The summed E-state index contributed by atoms with van der Waals surface area (Å²) in [5.41, 5.74) is 3.38. The van der Waals surface area contributed by atoms with Crippen LogP contribution in [0.25, 0.3) is 22.4 Å². The molecule has 0 spiro atoms. The molecular weight excluding hydrogens is 430 g/mol. The van der Waals surface area contributed by atoms with Gasteiger partial charge in [-0.2, -0.15) is 0 Å². The second kappa shape index (κ2) is 9.20. The number of aromatic nitrogens is 2. The Morgan fingerprint density at radius 2 is 1.81 bits per heavy atom. The van der Waals surface area contributed by atoms with Crippen LogP contribution in [0.3, 0.4) is 0 Å². The van der Waals surface area contributed by atoms with Crippen LogP contribution in [0.15, 0.2) is 65.2 Å². The monoisotopic (exact) mass is 449 g/mol. The van der Waals surface area contributed by atoms with E-state index in [4.69, 9.17) is 20.9 Å². The van der Waals surface area contributed by atoms with Crippen molar-refractivity contribution in [2.24, 2.45) is 0 Å². The molecule has 1 amide bonds. The molecule has 0 fully saturated rings. The zero-order valence-electron chi connectivity index (χ0n) is 17.5. The standard InChI is InChI=1S/C24H20ClN3O4/c1-15-22-19(12-20(26-23(22)32-27-15)17-6-4-3-5-7-17)24(30)28(14-21(29)31-2)13-16-8-10-18(25)11-9-16/h3-12H,13-14H2,1-2H3. The molecule has 2 heterocycles. The van der Waals surface area contributed by atoms with Crippen molar-refractivity contribution < 1.29 is 18.8 Å². The number of methoxy groups -OCH3 is 1. The molecule has 0 aliphatic carbocycles. The number of nitrogens with zero attached hydrogens (tertiary/aromatic N) is 3. The lowest BCUT2D eigenvalue weighted by Crippen LogP contribution is -2.36. The number of benzene rings is 2. The van der Waals surface area contributed by atoms with E-state index in [-0.39, 0.29) is 24.7 Å². The molecule has 0 saturated heterocycles. The SMILES string of the molecule is COC(=O)CN(Cc1ccc(Cl)cc1)C(=O)c1cc(-c2ccccc2)nc2onc(C)c12. The average molecular weight is 450 g/mol. The summed E-state index contributed by atoms with van der Waals surface area (Å²) in [7, 11) is 1.29. The molecular formula is C24H20ClN3O4. The van der Waals surface area contributed by atoms with Gasteiger partial charge in [-0.05, 0) is 30.7 Å². The maximum Gasteiger partial charge on any atom is 0.325 e. The van der Waals surface area contributed by atoms with Crippen molar-refractivity contribution in [1.29, 1.82) is 0 Å². The predicted octanol–water partition coefficient (Wildman–Crippen LogP) is 4.67. The summed E-state index contributed by atoms with van der Waals surface area (Å²) in [4.78, 5) is 31.8. The molecule has 0 aliphatic rings. The highest BCUT2D eigenvalue weighted by molar-refractivity contribution is 6.30. The van der Waals surface area contributed by atoms with Gasteiger partial charge in [0.15, 0.2) is 0 Å². The molecule has 0 bridgehead atoms. The number of rotatable bonds is 6. The first-order valence-electron chi connectivity index (χ1n) is 9.89. The van der Waals surface area contributed by atoms with Crippen LogP contribution in [0.4, 0.5) is 0 Å². The number of pyridine rings is 1. The average Bonchev–Trinajstić information content (AvgIpc) is 3.20. The first kappa shape index (κ1) is 21.5. The highest BCUT2D eigenvalue weighted by Crippen LogP contribution is 2.28. The molecule has 0 atom stereocenters. The lowest BCUT2D eigenvalue weighted by atomic mass is 10.0. The summed E-state index contributed by atoms with van der Waals surface area (Å²) in [6, 6.07) is 18.3. The van der Waals surface area contributed by atoms with Crippen LogP contribution in [0, 0.1) is 6.92 Å². The Bertz CT molecular complexity index is 1270. The van der Waals surface area contributed by atoms with E-state index in [1.807, 2.05) is 42.5 Å². The number of halogens is 1. The third kappa shape index (κ3) is 4.48. The fraction of sp³-hybridized carbons (Fsp3) is 0.167. The molecule has 162 valence electrons. The molecule has 4 rings (SSSR count). The van der Waals surface area contributed by atoms with Crippen LogP contribution in [-0.4, -0.2) is 40.6 Å². The second-order valence-electron chi connectivity index (χ2n) is 7.23. The highest BCUT2D eigenvalue weighted by atomic mass is 35.5. The Kier molecular flexibility index (Phi) is 6.18. The molecule has 2 aromatic carbocycles. The molecule has 7 nitrogen and oxygen atoms in total. The lowest BCUT2D eigenvalue weighted by molar-refractivity contribution is -0.141. The van der Waals surface area contributed by atoms with Gasteiger partial charge in [0.25, 0.3) is 11.6 Å². The number of aryl methyl sites for hydroxylation is 1. The van der Waals surface area contributed by atoms with E-state index in [9.17, 15) is 9.59 Å². The lowest BCUT2D eigenvalue weighted by Gasteiger charge is -2.22. The van der Waals surface area contributed by atoms with Crippen LogP contribution in [-0.2, 0) is 16.1 Å². The molecule has 0 N–H and O–H groups in total. The van der Waals surface area contributed by atoms with E-state index in [1.165, 1.54) is 12.0 Å². The van der Waals surface area contributed by atoms with Gasteiger partial charge in [0, 0.05) is 17.1 Å². The molecule has 8 heteroatoms. The third-order valence-electron chi connectivity index (χ3n) is 5.04. The van der Waals surface area contributed by atoms with Gasteiger partial charge in [-0.15, -0.1) is 0 Å². The van der Waals surface area contributed by atoms with Crippen LogP contribution >= 0.6 is 11.6 Å². The summed E-state index contributed by atoms with van der Waals surface area (Å²) in [6.07, 6.45) is 0. The number of amides is 1. The predicted molar refractivity (Wildman–Crippen MR) is 120 cm³/mol. The maximum absolute atomic E-state index is 13.7. The Hall–Kier alpha value is -3.71. The summed E-state index contributed by atoms with van der Waals surface area (Å²) in [5.74, 6) is -0.885. The van der Waals surface area contributed by atoms with Gasteiger partial charge in [0.1, 0.15) is 6.54 Å². The fourth-order valence-corrected chi connectivity index (χ4v) is 3.55. The Balaban J connectivity index is 1.79. The van der Waals surface area contributed by atoms with Crippen molar-refractivity contribution in [2.75, 3.05) is 13.7 Å². The van der Waals surface area contributed by atoms with Crippen molar-refractivity contribution >= 4 is 34.6 Å². The Morgan fingerprint density at radius 1 is 1.09 bits per heavy atom. The van der Waals surface area contributed by atoms with Crippen LogP contribution in [0.5, 0.6) is 0 Å². The van der Waals surface area contributed by atoms with E-state index in [2.05, 4.69) is 10.1 Å². The fourth-order valence-electron chi connectivity index (χ4n) is 3.42. The van der Waals surface area contributed by atoms with Gasteiger partial charge in [0.05, 0.1) is 29.4 Å².